The highest BCUT2D eigenvalue weighted by atomic mass is 16.2. The molecule has 22 heavy (non-hydrogen) atoms. The van der Waals surface area contributed by atoms with Gasteiger partial charge in [0.25, 0.3) is 5.91 Å². The molecule has 0 aromatic heterocycles. The van der Waals surface area contributed by atoms with E-state index in [9.17, 15) is 9.59 Å². The van der Waals surface area contributed by atoms with E-state index < -0.39 is 6.04 Å². The van der Waals surface area contributed by atoms with Crippen LogP contribution in [0.5, 0.6) is 0 Å². The smallest absolute Gasteiger partial charge is 0.252 e. The summed E-state index contributed by atoms with van der Waals surface area (Å²) in [6, 6.07) is -0.642. The van der Waals surface area contributed by atoms with Crippen molar-refractivity contribution in [2.45, 2.75) is 19.4 Å². The molecule has 2 heterocycles. The average Bonchev–Trinajstić information content (AvgIpc) is 2.88. The second-order valence-corrected chi connectivity index (χ2v) is 5.25. The lowest BCUT2D eigenvalue weighted by molar-refractivity contribution is -0.125. The van der Waals surface area contributed by atoms with Gasteiger partial charge in [0.15, 0.2) is 0 Å². The number of allylic oxidation sites excluding steroid dienone is 2. The molecule has 0 aromatic carbocycles. The number of rotatable bonds is 5. The zero-order chi connectivity index (χ0) is 15.9. The van der Waals surface area contributed by atoms with Crippen molar-refractivity contribution in [3.05, 3.63) is 24.9 Å². The Morgan fingerprint density at radius 3 is 2.82 bits per heavy atom. The van der Waals surface area contributed by atoms with Gasteiger partial charge in [-0.3, -0.25) is 14.9 Å². The van der Waals surface area contributed by atoms with Gasteiger partial charge in [-0.25, -0.2) is 4.99 Å². The van der Waals surface area contributed by atoms with Crippen molar-refractivity contribution in [3.8, 4) is 0 Å². The summed E-state index contributed by atoms with van der Waals surface area (Å²) in [7, 11) is 0. The number of hydrogen-bond donors (Lipinski definition) is 2. The van der Waals surface area contributed by atoms with Gasteiger partial charge in [0.1, 0.15) is 6.04 Å². The van der Waals surface area contributed by atoms with E-state index in [1.807, 2.05) is 0 Å². The summed E-state index contributed by atoms with van der Waals surface area (Å²) >= 11 is 0. The van der Waals surface area contributed by atoms with E-state index in [4.69, 9.17) is 0 Å². The first kappa shape index (κ1) is 16.2. The fourth-order valence-corrected chi connectivity index (χ4v) is 2.45. The quantitative estimate of drug-likeness (QED) is 0.683. The van der Waals surface area contributed by atoms with Gasteiger partial charge >= 0.3 is 0 Å². The highest BCUT2D eigenvalue weighted by Crippen LogP contribution is 2.10. The SMILES string of the molecule is C=C/C=C/NC(=O)CC1N=C(N2CCN(CC)CC2)NC1=O. The molecular formula is C15H23N5O2. The van der Waals surface area contributed by atoms with Crippen LogP contribution in [0.4, 0.5) is 0 Å². The van der Waals surface area contributed by atoms with E-state index in [1.165, 1.54) is 6.20 Å². The van der Waals surface area contributed by atoms with Crippen molar-refractivity contribution in [2.75, 3.05) is 32.7 Å². The molecular weight excluding hydrogens is 282 g/mol. The van der Waals surface area contributed by atoms with Crippen molar-refractivity contribution in [3.63, 3.8) is 0 Å². The summed E-state index contributed by atoms with van der Waals surface area (Å²) in [6.45, 7) is 10.3. The summed E-state index contributed by atoms with van der Waals surface area (Å²) in [5.74, 6) is 0.148. The molecule has 1 fully saturated rings. The first-order valence-electron chi connectivity index (χ1n) is 7.57. The Hall–Kier alpha value is -2.15. The minimum atomic E-state index is -0.642. The van der Waals surface area contributed by atoms with E-state index in [0.717, 1.165) is 32.7 Å². The van der Waals surface area contributed by atoms with Crippen LogP contribution in [-0.2, 0) is 9.59 Å². The second-order valence-electron chi connectivity index (χ2n) is 5.25. The maximum Gasteiger partial charge on any atom is 0.252 e. The molecule has 2 aliphatic heterocycles. The molecule has 2 amide bonds. The molecule has 1 atom stereocenters. The molecule has 0 spiro atoms. The van der Waals surface area contributed by atoms with Gasteiger partial charge < -0.3 is 15.1 Å². The number of aliphatic imine (C=N–C) groups is 1. The molecule has 0 saturated carbocycles. The average molecular weight is 305 g/mol. The molecule has 120 valence electrons. The highest BCUT2D eigenvalue weighted by molar-refractivity contribution is 6.06. The van der Waals surface area contributed by atoms with Crippen molar-refractivity contribution >= 4 is 17.8 Å². The molecule has 2 rings (SSSR count). The molecule has 2 aliphatic rings. The number of carbonyl (C=O) groups is 2. The number of nitrogens with one attached hydrogen (secondary N) is 2. The summed E-state index contributed by atoms with van der Waals surface area (Å²) in [5.41, 5.74) is 0. The third kappa shape index (κ3) is 4.17. The van der Waals surface area contributed by atoms with Crippen LogP contribution < -0.4 is 10.6 Å². The zero-order valence-electron chi connectivity index (χ0n) is 12.9. The van der Waals surface area contributed by atoms with Crippen LogP contribution in [0.2, 0.25) is 0 Å². The lowest BCUT2D eigenvalue weighted by Crippen LogP contribution is -2.51. The molecule has 7 heteroatoms. The van der Waals surface area contributed by atoms with Gasteiger partial charge in [-0.15, -0.1) is 0 Å². The summed E-state index contributed by atoms with van der Waals surface area (Å²) in [4.78, 5) is 32.4. The van der Waals surface area contributed by atoms with Gasteiger partial charge in [0.2, 0.25) is 11.9 Å². The first-order chi connectivity index (χ1) is 10.6. The topological polar surface area (TPSA) is 77.0 Å². The van der Waals surface area contributed by atoms with E-state index >= 15 is 0 Å². The minimum Gasteiger partial charge on any atom is -0.340 e. The molecule has 0 radical (unpaired) electrons. The van der Waals surface area contributed by atoms with E-state index in [2.05, 4.69) is 38.9 Å². The molecule has 1 saturated heterocycles. The third-order valence-corrected chi connectivity index (χ3v) is 3.79. The van der Waals surface area contributed by atoms with E-state index in [0.29, 0.717) is 5.96 Å². The van der Waals surface area contributed by atoms with Gasteiger partial charge in [-0.05, 0) is 12.6 Å². The normalized spacial score (nSPS) is 22.6. The Morgan fingerprint density at radius 1 is 1.45 bits per heavy atom. The highest BCUT2D eigenvalue weighted by Gasteiger charge is 2.31. The Kier molecular flexibility index (Phi) is 5.71. The van der Waals surface area contributed by atoms with Crippen molar-refractivity contribution in [1.29, 1.82) is 0 Å². The predicted octanol–water partition coefficient (Wildman–Crippen LogP) is -0.316. The van der Waals surface area contributed by atoms with E-state index in [-0.39, 0.29) is 18.2 Å². The molecule has 1 unspecified atom stereocenters. The summed E-state index contributed by atoms with van der Waals surface area (Å²) in [6.07, 6.45) is 4.73. The Bertz CT molecular complexity index is 492. The van der Waals surface area contributed by atoms with Crippen LogP contribution in [-0.4, -0.2) is 66.3 Å². The number of nitrogens with zero attached hydrogens (tertiary/aromatic N) is 3. The van der Waals surface area contributed by atoms with Gasteiger partial charge in [0.05, 0.1) is 6.42 Å². The summed E-state index contributed by atoms with van der Waals surface area (Å²) in [5, 5.41) is 5.36. The number of carbonyl (C=O) groups excluding carboxylic acids is 2. The molecule has 0 bridgehead atoms. The van der Waals surface area contributed by atoms with Crippen LogP contribution in [0.1, 0.15) is 13.3 Å². The molecule has 2 N–H and O–H groups in total. The van der Waals surface area contributed by atoms with Crippen molar-refractivity contribution in [1.82, 2.24) is 20.4 Å². The largest absolute Gasteiger partial charge is 0.340 e. The fraction of sp³-hybridized carbons (Fsp3) is 0.533. The maximum absolute atomic E-state index is 11.9. The Morgan fingerprint density at radius 2 is 2.18 bits per heavy atom. The van der Waals surface area contributed by atoms with E-state index in [1.54, 1.807) is 12.2 Å². The number of likely N-dealkylation sites (N-methyl/N-ethyl adjacent to an activating group) is 1. The fourth-order valence-electron chi connectivity index (χ4n) is 2.45. The molecule has 0 aliphatic carbocycles. The third-order valence-electron chi connectivity index (χ3n) is 3.79. The van der Waals surface area contributed by atoms with Crippen LogP contribution in [0.25, 0.3) is 0 Å². The van der Waals surface area contributed by atoms with Crippen LogP contribution >= 0.6 is 0 Å². The maximum atomic E-state index is 11.9. The predicted molar refractivity (Wildman–Crippen MR) is 85.1 cm³/mol. The number of piperazine rings is 1. The molecule has 7 nitrogen and oxygen atoms in total. The summed E-state index contributed by atoms with van der Waals surface area (Å²) < 4.78 is 0. The Balaban J connectivity index is 1.87. The van der Waals surface area contributed by atoms with Gasteiger partial charge in [-0.1, -0.05) is 19.6 Å². The first-order valence-corrected chi connectivity index (χ1v) is 7.57. The number of amides is 2. The number of guanidine groups is 1. The second kappa shape index (κ2) is 7.74. The van der Waals surface area contributed by atoms with Crippen molar-refractivity contribution in [2.24, 2.45) is 4.99 Å². The van der Waals surface area contributed by atoms with Crippen LogP contribution in [0.3, 0.4) is 0 Å². The zero-order valence-corrected chi connectivity index (χ0v) is 12.9. The lowest BCUT2D eigenvalue weighted by Gasteiger charge is -2.34. The number of hydrogen-bond acceptors (Lipinski definition) is 5. The molecule has 0 aromatic rings. The van der Waals surface area contributed by atoms with Crippen molar-refractivity contribution < 1.29 is 9.59 Å². The van der Waals surface area contributed by atoms with Gasteiger partial charge in [0, 0.05) is 32.4 Å². The van der Waals surface area contributed by atoms with Gasteiger partial charge in [-0.2, -0.15) is 0 Å². The standard InChI is InChI=1S/C15H23N5O2/c1-3-5-6-16-13(21)11-12-14(22)18-15(17-12)20-9-7-19(4-2)8-10-20/h3,5-6,12H,1,4,7-11H2,2H3,(H,16,21)(H,17,18,22)/b6-5+. The lowest BCUT2D eigenvalue weighted by atomic mass is 10.2. The van der Waals surface area contributed by atoms with Crippen LogP contribution in [0.15, 0.2) is 29.9 Å². The monoisotopic (exact) mass is 305 g/mol. The minimum absolute atomic E-state index is 0.0474. The Labute approximate surface area is 130 Å². The van der Waals surface area contributed by atoms with Crippen LogP contribution in [0, 0.1) is 0 Å².